The lowest BCUT2D eigenvalue weighted by Crippen LogP contribution is -2.33. The van der Waals surface area contributed by atoms with Crippen LogP contribution in [-0.2, 0) is 13.1 Å². The number of pyridine rings is 2. The van der Waals surface area contributed by atoms with E-state index in [2.05, 4.69) is 67.0 Å². The van der Waals surface area contributed by atoms with Gasteiger partial charge in [0.25, 0.3) is 0 Å². The van der Waals surface area contributed by atoms with Gasteiger partial charge in [-0.05, 0) is 104 Å². The molecule has 0 saturated carbocycles. The predicted octanol–water partition coefficient (Wildman–Crippen LogP) is 6.31. The second kappa shape index (κ2) is 10.8. The summed E-state index contributed by atoms with van der Waals surface area (Å²) in [6.45, 7) is 10.6. The largest absolute Gasteiger partial charge is 0.507 e. The van der Waals surface area contributed by atoms with Crippen molar-refractivity contribution in [1.82, 2.24) is 19.8 Å². The van der Waals surface area contributed by atoms with Gasteiger partial charge in [0.1, 0.15) is 11.3 Å². The van der Waals surface area contributed by atoms with E-state index < -0.39 is 0 Å². The van der Waals surface area contributed by atoms with Gasteiger partial charge in [0, 0.05) is 46.8 Å². The third-order valence-electron chi connectivity index (χ3n) is 7.63. The van der Waals surface area contributed by atoms with Gasteiger partial charge in [0.05, 0.1) is 11.2 Å². The summed E-state index contributed by atoms with van der Waals surface area (Å²) in [6, 6.07) is 8.17. The minimum absolute atomic E-state index is 0.453. The highest BCUT2D eigenvalue weighted by molar-refractivity contribution is 9.10. The fourth-order valence-electron chi connectivity index (χ4n) is 5.26. The molecule has 1 aromatic carbocycles. The van der Waals surface area contributed by atoms with Crippen LogP contribution in [0.4, 0.5) is 11.4 Å². The van der Waals surface area contributed by atoms with Gasteiger partial charge >= 0.3 is 0 Å². The Morgan fingerprint density at radius 1 is 0.914 bits per heavy atom. The molecule has 0 aliphatic carbocycles. The highest BCUT2D eigenvalue weighted by Gasteiger charge is 2.21. The Bertz CT molecular complexity index is 1120. The standard InChI is InChI=1S/C28H36BrN5O/c1-19-4-9-33(10-5-19)17-21-13-24(14-22(28(21)35)18-34-11-6-20(2)7-12-34)32-25-3-8-30-26-15-23(29)16-31-27(25)26/h3,8,13-16,19-20,35H,4-7,9-12,17-18H2,1-2H3,(H,30,32). The molecule has 186 valence electrons. The molecule has 0 radical (unpaired) electrons. The van der Waals surface area contributed by atoms with Crippen molar-refractivity contribution < 1.29 is 5.11 Å². The summed E-state index contributed by atoms with van der Waals surface area (Å²) in [5, 5.41) is 14.9. The number of fused-ring (bicyclic) bond motifs is 1. The first-order valence-electron chi connectivity index (χ1n) is 12.9. The molecule has 0 unspecified atom stereocenters. The first-order chi connectivity index (χ1) is 16.9. The van der Waals surface area contributed by atoms with Crippen molar-refractivity contribution in [1.29, 1.82) is 0 Å². The third kappa shape index (κ3) is 5.96. The summed E-state index contributed by atoms with van der Waals surface area (Å²) >= 11 is 3.49. The first kappa shape index (κ1) is 24.5. The zero-order valence-corrected chi connectivity index (χ0v) is 22.4. The van der Waals surface area contributed by atoms with Gasteiger partial charge in [0.2, 0.25) is 0 Å². The number of likely N-dealkylation sites (tertiary alicyclic amines) is 2. The Labute approximate surface area is 216 Å². The van der Waals surface area contributed by atoms with E-state index in [-0.39, 0.29) is 0 Å². The second-order valence-electron chi connectivity index (χ2n) is 10.6. The molecule has 2 aliphatic rings. The monoisotopic (exact) mass is 537 g/mol. The molecule has 2 N–H and O–H groups in total. The van der Waals surface area contributed by atoms with Crippen molar-refractivity contribution in [3.05, 3.63) is 52.3 Å². The van der Waals surface area contributed by atoms with Crippen molar-refractivity contribution in [2.24, 2.45) is 11.8 Å². The zero-order chi connectivity index (χ0) is 24.4. The van der Waals surface area contributed by atoms with E-state index in [0.29, 0.717) is 5.75 Å². The van der Waals surface area contributed by atoms with E-state index in [0.717, 1.165) is 89.1 Å². The number of phenolic OH excluding ortho intramolecular Hbond substituents is 1. The highest BCUT2D eigenvalue weighted by Crippen LogP contribution is 2.34. The zero-order valence-electron chi connectivity index (χ0n) is 20.8. The van der Waals surface area contributed by atoms with Crippen LogP contribution in [0, 0.1) is 11.8 Å². The van der Waals surface area contributed by atoms with Crippen molar-refractivity contribution in [2.45, 2.75) is 52.6 Å². The van der Waals surface area contributed by atoms with E-state index in [1.807, 2.05) is 18.3 Å². The van der Waals surface area contributed by atoms with E-state index in [9.17, 15) is 5.11 Å². The summed E-state index contributed by atoms with van der Waals surface area (Å²) in [7, 11) is 0. The minimum Gasteiger partial charge on any atom is -0.507 e. The van der Waals surface area contributed by atoms with Crippen LogP contribution < -0.4 is 5.32 Å². The second-order valence-corrected chi connectivity index (χ2v) is 11.5. The number of aromatic nitrogens is 2. The summed E-state index contributed by atoms with van der Waals surface area (Å²) in [5.41, 5.74) is 5.58. The van der Waals surface area contributed by atoms with Crippen LogP contribution in [0.25, 0.3) is 11.0 Å². The number of anilines is 2. The maximum Gasteiger partial charge on any atom is 0.124 e. The van der Waals surface area contributed by atoms with Crippen molar-refractivity contribution in [3.8, 4) is 5.75 Å². The Morgan fingerprint density at radius 2 is 1.49 bits per heavy atom. The Morgan fingerprint density at radius 3 is 2.06 bits per heavy atom. The number of halogens is 1. The molecule has 5 rings (SSSR count). The van der Waals surface area contributed by atoms with Gasteiger partial charge in [-0.1, -0.05) is 13.8 Å². The van der Waals surface area contributed by atoms with E-state index in [1.54, 1.807) is 6.20 Å². The van der Waals surface area contributed by atoms with Crippen LogP contribution in [0.5, 0.6) is 5.75 Å². The fraction of sp³-hybridized carbons (Fsp3) is 0.500. The molecule has 0 spiro atoms. The third-order valence-corrected chi connectivity index (χ3v) is 8.07. The molecule has 0 bridgehead atoms. The lowest BCUT2D eigenvalue weighted by molar-refractivity contribution is 0.179. The summed E-state index contributed by atoms with van der Waals surface area (Å²) in [6.07, 6.45) is 8.51. The lowest BCUT2D eigenvalue weighted by atomic mass is 9.97. The molecule has 0 atom stereocenters. The van der Waals surface area contributed by atoms with Gasteiger partial charge in [-0.3, -0.25) is 19.8 Å². The lowest BCUT2D eigenvalue weighted by Gasteiger charge is -2.32. The van der Waals surface area contributed by atoms with Crippen molar-refractivity contribution in [3.63, 3.8) is 0 Å². The minimum atomic E-state index is 0.453. The molecule has 3 aromatic rings. The van der Waals surface area contributed by atoms with E-state index in [4.69, 9.17) is 0 Å². The van der Waals surface area contributed by atoms with Gasteiger partial charge in [-0.15, -0.1) is 0 Å². The van der Waals surface area contributed by atoms with Gasteiger partial charge in [-0.25, -0.2) is 0 Å². The Hall–Kier alpha value is -2.22. The Balaban J connectivity index is 1.45. The number of nitrogens with one attached hydrogen (secondary N) is 1. The van der Waals surface area contributed by atoms with Crippen LogP contribution in [-0.4, -0.2) is 51.1 Å². The summed E-state index contributed by atoms with van der Waals surface area (Å²) in [4.78, 5) is 14.0. The number of phenols is 1. The summed E-state index contributed by atoms with van der Waals surface area (Å²) in [5.74, 6) is 2.03. The van der Waals surface area contributed by atoms with Crippen LogP contribution in [0.1, 0.15) is 50.7 Å². The quantitative estimate of drug-likeness (QED) is 0.359. The van der Waals surface area contributed by atoms with Crippen LogP contribution >= 0.6 is 15.9 Å². The molecule has 2 fully saturated rings. The number of benzene rings is 1. The average Bonchev–Trinajstić information content (AvgIpc) is 2.84. The first-order valence-corrected chi connectivity index (χ1v) is 13.7. The average molecular weight is 539 g/mol. The molecule has 2 aromatic heterocycles. The predicted molar refractivity (Wildman–Crippen MR) is 146 cm³/mol. The maximum absolute atomic E-state index is 11.3. The number of aromatic hydroxyl groups is 1. The van der Waals surface area contributed by atoms with Crippen LogP contribution in [0.2, 0.25) is 0 Å². The number of nitrogens with zero attached hydrogens (tertiary/aromatic N) is 4. The molecule has 35 heavy (non-hydrogen) atoms. The highest BCUT2D eigenvalue weighted by atomic mass is 79.9. The maximum atomic E-state index is 11.3. The molecule has 2 aliphatic heterocycles. The van der Waals surface area contributed by atoms with E-state index >= 15 is 0 Å². The SMILES string of the molecule is CC1CCN(Cc2cc(Nc3ccnc4cc(Br)cnc34)cc(CN3CCC(C)CC3)c2O)CC1. The van der Waals surface area contributed by atoms with E-state index in [1.165, 1.54) is 25.7 Å². The molecular formula is C28H36BrN5O. The smallest absolute Gasteiger partial charge is 0.124 e. The molecular weight excluding hydrogens is 502 g/mol. The topological polar surface area (TPSA) is 64.5 Å². The Kier molecular flexibility index (Phi) is 7.56. The van der Waals surface area contributed by atoms with Crippen LogP contribution in [0.3, 0.4) is 0 Å². The summed E-state index contributed by atoms with van der Waals surface area (Å²) < 4.78 is 0.913. The number of hydrogen-bond acceptors (Lipinski definition) is 6. The molecule has 7 heteroatoms. The van der Waals surface area contributed by atoms with Crippen molar-refractivity contribution >= 4 is 38.3 Å². The molecule has 0 amide bonds. The van der Waals surface area contributed by atoms with Crippen molar-refractivity contribution in [2.75, 3.05) is 31.5 Å². The normalized spacial score (nSPS) is 18.8. The fourth-order valence-corrected chi connectivity index (χ4v) is 5.58. The van der Waals surface area contributed by atoms with Gasteiger partial charge in [-0.2, -0.15) is 0 Å². The molecule has 2 saturated heterocycles. The molecule has 4 heterocycles. The van der Waals surface area contributed by atoms with Gasteiger partial charge < -0.3 is 10.4 Å². The number of hydrogen-bond donors (Lipinski definition) is 2. The van der Waals surface area contributed by atoms with Crippen LogP contribution in [0.15, 0.2) is 41.1 Å². The number of rotatable bonds is 6. The van der Waals surface area contributed by atoms with Gasteiger partial charge in [0.15, 0.2) is 0 Å². The molecule has 6 nitrogen and oxygen atoms in total. The number of piperidine rings is 2.